The van der Waals surface area contributed by atoms with Crippen molar-refractivity contribution in [3.05, 3.63) is 22.3 Å². The molecule has 2 aliphatic heterocycles. The summed E-state index contributed by atoms with van der Waals surface area (Å²) in [6.45, 7) is 0.805. The van der Waals surface area contributed by atoms with Crippen LogP contribution < -0.4 is 45.7 Å². The summed E-state index contributed by atoms with van der Waals surface area (Å²) < 4.78 is 4.94. The number of esters is 1. The number of oxime groups is 1. The molecule has 3 rings (SSSR count). The maximum Gasteiger partial charge on any atom is 1.00 e. The van der Waals surface area contributed by atoms with E-state index in [-0.39, 0.29) is 57.4 Å². The van der Waals surface area contributed by atoms with Gasteiger partial charge in [-0.3, -0.25) is 24.1 Å². The zero-order chi connectivity index (χ0) is 24.3. The number of nitrogens with zero attached hydrogens (tertiary/aromatic N) is 3. The van der Waals surface area contributed by atoms with Gasteiger partial charge in [0.25, 0.3) is 11.8 Å². The number of carbonyl (C=O) groups excluding carboxylic acids is 5. The number of fused-ring (bicyclic) bond motifs is 1. The van der Waals surface area contributed by atoms with Gasteiger partial charge in [0.1, 0.15) is 43.0 Å². The second-order valence-electron chi connectivity index (χ2n) is 6.83. The topological polar surface area (TPSA) is 193 Å². The molecule has 0 aromatic carbocycles. The van der Waals surface area contributed by atoms with Crippen molar-refractivity contribution in [3.63, 3.8) is 0 Å². The first-order chi connectivity index (χ1) is 15.6. The predicted molar refractivity (Wildman–Crippen MR) is 113 cm³/mol. The van der Waals surface area contributed by atoms with Crippen LogP contribution >= 0.6 is 23.1 Å². The molecule has 1 fully saturated rings. The number of carbonyl (C=O) groups is 5. The summed E-state index contributed by atoms with van der Waals surface area (Å²) in [5, 5.41) is 18.8. The van der Waals surface area contributed by atoms with Gasteiger partial charge in [-0.1, -0.05) is 5.16 Å². The van der Waals surface area contributed by atoms with Crippen molar-refractivity contribution in [3.8, 4) is 0 Å². The second kappa shape index (κ2) is 11.8. The largest absolute Gasteiger partial charge is 1.00 e. The molecule has 1 saturated heterocycles. The van der Waals surface area contributed by atoms with Crippen molar-refractivity contribution in [2.45, 2.75) is 24.8 Å². The fourth-order valence-corrected chi connectivity index (χ4v) is 4.98. The summed E-state index contributed by atoms with van der Waals surface area (Å²) in [5.41, 5.74) is 5.25. The molecule has 16 heteroatoms. The van der Waals surface area contributed by atoms with Gasteiger partial charge in [0, 0.05) is 16.7 Å². The second-order valence-corrected chi connectivity index (χ2v) is 8.83. The van der Waals surface area contributed by atoms with Gasteiger partial charge >= 0.3 is 35.5 Å². The number of Topliss-reactive ketones (excluding diaryl/α,β-unsaturated/α-hetero) is 1. The Hall–Kier alpha value is -2.46. The molecule has 3 N–H and O–H groups in total. The Labute approximate surface area is 223 Å². The molecular formula is C18H18N5NaO8S2. The summed E-state index contributed by atoms with van der Waals surface area (Å²) in [6, 6.07) is -1.04. The standard InChI is InChI=1S/C18H19N5O8S2.Na/c1-7(24)3-10(25)31-4-8-5-32-16-12(15(27)23(16)13(8)17(28)29)21-14(26)11(22-30-2)9-6-33-18(19)20-9;/h6,12,16H,3-5H2,1-2H3,(H2,19,20)(H,21,26)(H,28,29);/q;+1/p-1/b22-11-;/t12?,16-;/m1./s1. The van der Waals surface area contributed by atoms with Gasteiger partial charge in [-0.05, 0) is 6.92 Å². The molecule has 1 aromatic heterocycles. The Kier molecular flexibility index (Phi) is 9.64. The third-order valence-corrected chi connectivity index (χ3v) is 6.50. The number of nitrogens with two attached hydrogens (primary N) is 1. The van der Waals surface area contributed by atoms with Crippen LogP contribution in [-0.4, -0.2) is 76.0 Å². The average molecular weight is 519 g/mol. The quantitative estimate of drug-likeness (QED) is 0.0792. The van der Waals surface area contributed by atoms with E-state index in [4.69, 9.17) is 10.5 Å². The minimum Gasteiger partial charge on any atom is -0.543 e. The minimum absolute atomic E-state index is 0. The number of carboxylic acid groups (broad SMARTS) is 1. The van der Waals surface area contributed by atoms with Crippen molar-refractivity contribution in [1.82, 2.24) is 15.2 Å². The Bertz CT molecular complexity index is 1090. The number of aliphatic carboxylic acids is 1. The van der Waals surface area contributed by atoms with Gasteiger partial charge in [0.2, 0.25) is 0 Å². The summed E-state index contributed by atoms with van der Waals surface area (Å²) in [4.78, 5) is 69.4. The molecule has 1 unspecified atom stereocenters. The smallest absolute Gasteiger partial charge is 0.543 e. The van der Waals surface area contributed by atoms with Crippen LogP contribution in [-0.2, 0) is 33.5 Å². The Morgan fingerprint density at radius 2 is 2.09 bits per heavy atom. The zero-order valence-electron chi connectivity index (χ0n) is 18.4. The monoisotopic (exact) mass is 519 g/mol. The van der Waals surface area contributed by atoms with Gasteiger partial charge in [-0.2, -0.15) is 0 Å². The maximum atomic E-state index is 12.7. The van der Waals surface area contributed by atoms with Crippen LogP contribution in [0, 0.1) is 0 Å². The number of ether oxygens (including phenoxy) is 1. The number of ketones is 1. The number of rotatable bonds is 9. The number of carboxylic acids is 1. The molecule has 13 nitrogen and oxygen atoms in total. The van der Waals surface area contributed by atoms with E-state index in [9.17, 15) is 29.1 Å². The molecule has 0 saturated carbocycles. The first-order valence-electron chi connectivity index (χ1n) is 9.30. The third-order valence-electron chi connectivity index (χ3n) is 4.49. The number of amides is 2. The molecule has 0 aliphatic carbocycles. The van der Waals surface area contributed by atoms with E-state index in [1.807, 2.05) is 0 Å². The van der Waals surface area contributed by atoms with E-state index in [0.717, 1.165) is 16.2 Å². The van der Waals surface area contributed by atoms with Gasteiger partial charge < -0.3 is 30.5 Å². The number of hydrogen-bond acceptors (Lipinski definition) is 13. The summed E-state index contributed by atoms with van der Waals surface area (Å²) in [5.74, 6) is -4.20. The Morgan fingerprint density at radius 3 is 2.65 bits per heavy atom. The van der Waals surface area contributed by atoms with Gasteiger partial charge in [-0.25, -0.2) is 4.98 Å². The molecule has 0 bridgehead atoms. The van der Waals surface area contributed by atoms with Gasteiger partial charge in [-0.15, -0.1) is 23.1 Å². The number of aromatic nitrogens is 1. The van der Waals surface area contributed by atoms with E-state index >= 15 is 0 Å². The fraction of sp³-hybridized carbons (Fsp3) is 0.389. The molecule has 2 amide bonds. The molecule has 0 radical (unpaired) electrons. The number of thiazole rings is 1. The molecule has 2 aliphatic rings. The van der Waals surface area contributed by atoms with E-state index in [0.29, 0.717) is 0 Å². The summed E-state index contributed by atoms with van der Waals surface area (Å²) >= 11 is 2.25. The molecular weight excluding hydrogens is 501 g/mol. The Morgan fingerprint density at radius 1 is 1.38 bits per heavy atom. The molecule has 1 aromatic rings. The number of thioether (sulfide) groups is 1. The normalized spacial score (nSPS) is 19.4. The van der Waals surface area contributed by atoms with Crippen LogP contribution in [0.4, 0.5) is 5.13 Å². The number of anilines is 1. The van der Waals surface area contributed by atoms with Gasteiger partial charge in [0.05, 0.1) is 11.7 Å². The van der Waals surface area contributed by atoms with Crippen molar-refractivity contribution < 1.29 is 68.2 Å². The number of β-lactam (4-membered cyclic amide) rings is 1. The van der Waals surface area contributed by atoms with Gasteiger partial charge in [0.15, 0.2) is 10.8 Å². The van der Waals surface area contributed by atoms with Crippen molar-refractivity contribution in [2.75, 3.05) is 25.2 Å². The van der Waals surface area contributed by atoms with Crippen molar-refractivity contribution in [2.24, 2.45) is 5.16 Å². The minimum atomic E-state index is -1.63. The molecule has 176 valence electrons. The van der Waals surface area contributed by atoms with Crippen LogP contribution in [0.2, 0.25) is 0 Å². The predicted octanol–water partition coefficient (Wildman–Crippen LogP) is -4.99. The average Bonchev–Trinajstić information content (AvgIpc) is 3.18. The first kappa shape index (κ1) is 27.8. The van der Waals surface area contributed by atoms with Crippen LogP contribution in [0.1, 0.15) is 19.0 Å². The SMILES string of the molecule is CO/N=C(\C(=O)NC1C(=O)N2C(C(=O)[O-])=C(COC(=O)CC(C)=O)CS[C@H]12)c1csc(N)n1.[Na+]. The zero-order valence-corrected chi connectivity index (χ0v) is 22.0. The molecule has 0 spiro atoms. The fourth-order valence-electron chi connectivity index (χ4n) is 3.11. The van der Waals surface area contributed by atoms with E-state index in [1.165, 1.54) is 31.2 Å². The number of hydrogen-bond donors (Lipinski definition) is 2. The summed E-state index contributed by atoms with van der Waals surface area (Å²) in [7, 11) is 1.23. The van der Waals surface area contributed by atoms with Crippen LogP contribution in [0.25, 0.3) is 0 Å². The van der Waals surface area contributed by atoms with E-state index in [1.54, 1.807) is 0 Å². The van der Waals surface area contributed by atoms with E-state index in [2.05, 4.69) is 20.3 Å². The van der Waals surface area contributed by atoms with Crippen molar-refractivity contribution >= 4 is 63.5 Å². The maximum absolute atomic E-state index is 12.7. The third kappa shape index (κ3) is 5.96. The molecule has 2 atom stereocenters. The first-order valence-corrected chi connectivity index (χ1v) is 11.2. The van der Waals surface area contributed by atoms with Crippen molar-refractivity contribution in [1.29, 1.82) is 0 Å². The summed E-state index contributed by atoms with van der Waals surface area (Å²) in [6.07, 6.45) is -0.448. The number of nitrogen functional groups attached to an aromatic ring is 1. The van der Waals surface area contributed by atoms with Crippen LogP contribution in [0.5, 0.6) is 0 Å². The molecule has 34 heavy (non-hydrogen) atoms. The number of nitrogens with one attached hydrogen (secondary N) is 1. The Balaban J connectivity index is 0.00000408. The molecule has 3 heterocycles. The van der Waals surface area contributed by atoms with Crippen LogP contribution in [0.15, 0.2) is 21.8 Å². The van der Waals surface area contributed by atoms with Crippen LogP contribution in [0.3, 0.4) is 0 Å². The van der Waals surface area contributed by atoms with E-state index < -0.39 is 59.7 Å².